The van der Waals surface area contributed by atoms with Crippen LogP contribution in [0.25, 0.3) is 5.57 Å². The Labute approximate surface area is 96.8 Å². The van der Waals surface area contributed by atoms with Gasteiger partial charge in [0.1, 0.15) is 0 Å². The Hall–Kier alpha value is -1.48. The van der Waals surface area contributed by atoms with E-state index in [0.29, 0.717) is 0 Å². The van der Waals surface area contributed by atoms with Crippen molar-refractivity contribution in [2.75, 3.05) is 0 Å². The van der Waals surface area contributed by atoms with Gasteiger partial charge in [0.15, 0.2) is 0 Å². The summed E-state index contributed by atoms with van der Waals surface area (Å²) in [4.78, 5) is 9.92. The first-order valence-electron chi connectivity index (χ1n) is 4.53. The third-order valence-corrected chi connectivity index (χ3v) is 2.55. The van der Waals surface area contributed by atoms with Crippen LogP contribution in [0.5, 0.6) is 0 Å². The zero-order valence-electron chi connectivity index (χ0n) is 7.97. The lowest BCUT2D eigenvalue weighted by molar-refractivity contribution is 1.30. The minimum Gasteiger partial charge on any atom is -0.265 e. The lowest BCUT2D eigenvalue weighted by atomic mass is 10.0. The molecule has 0 aliphatic carbocycles. The molecule has 0 atom stereocenters. The lowest BCUT2D eigenvalue weighted by Crippen LogP contribution is -1.87. The molecule has 15 heavy (non-hydrogen) atoms. The summed E-state index contributed by atoms with van der Waals surface area (Å²) in [5, 5.41) is 0. The van der Waals surface area contributed by atoms with Gasteiger partial charge in [-0.1, -0.05) is 15.9 Å². The van der Waals surface area contributed by atoms with Gasteiger partial charge in [0.2, 0.25) is 0 Å². The van der Waals surface area contributed by atoms with Crippen molar-refractivity contribution in [3.8, 4) is 0 Å². The standard InChI is InChI=1S/C12H9BrN2/c13-9-12(10-1-5-14-6-2-10)11-3-7-15-8-4-11/h1-9H. The van der Waals surface area contributed by atoms with Crippen LogP contribution in [0.1, 0.15) is 11.1 Å². The quantitative estimate of drug-likeness (QED) is 0.829. The van der Waals surface area contributed by atoms with E-state index in [-0.39, 0.29) is 0 Å². The van der Waals surface area contributed by atoms with Crippen molar-refractivity contribution in [3.63, 3.8) is 0 Å². The third kappa shape index (κ3) is 2.30. The number of pyridine rings is 2. The average Bonchev–Trinajstić information content (AvgIpc) is 2.33. The number of nitrogens with zero attached hydrogens (tertiary/aromatic N) is 2. The average molecular weight is 261 g/mol. The van der Waals surface area contributed by atoms with Crippen LogP contribution in [0.4, 0.5) is 0 Å². The van der Waals surface area contributed by atoms with Crippen LogP contribution in [0, 0.1) is 0 Å². The van der Waals surface area contributed by atoms with Gasteiger partial charge in [0.05, 0.1) is 0 Å². The van der Waals surface area contributed by atoms with E-state index < -0.39 is 0 Å². The molecule has 0 saturated carbocycles. The second-order valence-corrected chi connectivity index (χ2v) is 3.45. The second-order valence-electron chi connectivity index (χ2n) is 2.99. The van der Waals surface area contributed by atoms with E-state index in [1.54, 1.807) is 24.8 Å². The van der Waals surface area contributed by atoms with E-state index in [1.165, 1.54) is 0 Å². The Morgan fingerprint density at radius 3 is 1.60 bits per heavy atom. The van der Waals surface area contributed by atoms with Crippen molar-refractivity contribution < 1.29 is 0 Å². The summed E-state index contributed by atoms with van der Waals surface area (Å²) in [6, 6.07) is 7.92. The topological polar surface area (TPSA) is 25.8 Å². The van der Waals surface area contributed by atoms with Gasteiger partial charge in [-0.2, -0.15) is 0 Å². The van der Waals surface area contributed by atoms with Crippen LogP contribution in [0.15, 0.2) is 54.0 Å². The molecule has 0 aliphatic heterocycles. The maximum absolute atomic E-state index is 4.00. The molecule has 2 aromatic heterocycles. The number of aromatic nitrogens is 2. The van der Waals surface area contributed by atoms with Crippen molar-refractivity contribution in [1.82, 2.24) is 9.97 Å². The summed E-state index contributed by atoms with van der Waals surface area (Å²) in [5.74, 6) is 0. The fraction of sp³-hybridized carbons (Fsp3) is 0. The van der Waals surface area contributed by atoms with Gasteiger partial charge >= 0.3 is 0 Å². The molecule has 0 fully saturated rings. The molecular formula is C12H9BrN2. The molecule has 0 bridgehead atoms. The van der Waals surface area contributed by atoms with Crippen LogP contribution in [-0.2, 0) is 0 Å². The van der Waals surface area contributed by atoms with Crippen molar-refractivity contribution in [2.45, 2.75) is 0 Å². The van der Waals surface area contributed by atoms with E-state index in [9.17, 15) is 0 Å². The van der Waals surface area contributed by atoms with Crippen molar-refractivity contribution in [3.05, 3.63) is 65.2 Å². The first-order chi connectivity index (χ1) is 7.42. The normalized spacial score (nSPS) is 9.67. The lowest BCUT2D eigenvalue weighted by Gasteiger charge is -2.05. The van der Waals surface area contributed by atoms with Crippen LogP contribution in [0.2, 0.25) is 0 Å². The summed E-state index contributed by atoms with van der Waals surface area (Å²) in [5.41, 5.74) is 3.39. The molecule has 0 saturated heterocycles. The van der Waals surface area contributed by atoms with E-state index in [4.69, 9.17) is 0 Å². The van der Waals surface area contributed by atoms with Crippen LogP contribution in [-0.4, -0.2) is 9.97 Å². The number of hydrogen-bond acceptors (Lipinski definition) is 2. The zero-order valence-corrected chi connectivity index (χ0v) is 9.55. The molecule has 74 valence electrons. The Morgan fingerprint density at radius 2 is 1.27 bits per heavy atom. The van der Waals surface area contributed by atoms with Gasteiger partial charge in [-0.15, -0.1) is 0 Å². The maximum Gasteiger partial charge on any atom is 0.0273 e. The van der Waals surface area contributed by atoms with Gasteiger partial charge < -0.3 is 0 Å². The highest BCUT2D eigenvalue weighted by atomic mass is 79.9. The van der Waals surface area contributed by atoms with Gasteiger partial charge in [-0.25, -0.2) is 0 Å². The van der Waals surface area contributed by atoms with Gasteiger partial charge in [-0.3, -0.25) is 9.97 Å². The summed E-state index contributed by atoms with van der Waals surface area (Å²) >= 11 is 3.39. The monoisotopic (exact) mass is 260 g/mol. The molecule has 0 unspecified atom stereocenters. The molecular weight excluding hydrogens is 252 g/mol. The van der Waals surface area contributed by atoms with Gasteiger partial charge in [-0.05, 0) is 46.0 Å². The highest BCUT2D eigenvalue weighted by molar-refractivity contribution is 9.11. The van der Waals surface area contributed by atoms with E-state index >= 15 is 0 Å². The Balaban J connectivity index is 2.44. The Kier molecular flexibility index (Phi) is 3.25. The number of hydrogen-bond donors (Lipinski definition) is 0. The van der Waals surface area contributed by atoms with E-state index in [0.717, 1.165) is 16.7 Å². The first kappa shape index (κ1) is 10.1. The van der Waals surface area contributed by atoms with Crippen LogP contribution >= 0.6 is 15.9 Å². The molecule has 2 nitrogen and oxygen atoms in total. The SMILES string of the molecule is BrC=C(c1ccncc1)c1ccncc1. The Bertz CT molecular complexity index is 410. The van der Waals surface area contributed by atoms with Crippen LogP contribution in [0.3, 0.4) is 0 Å². The smallest absolute Gasteiger partial charge is 0.0273 e. The molecule has 0 N–H and O–H groups in total. The van der Waals surface area contributed by atoms with E-state index in [1.807, 2.05) is 29.3 Å². The van der Waals surface area contributed by atoms with Crippen LogP contribution < -0.4 is 0 Å². The first-order valence-corrected chi connectivity index (χ1v) is 5.44. The fourth-order valence-corrected chi connectivity index (χ4v) is 1.88. The molecule has 0 amide bonds. The minimum absolute atomic E-state index is 1.12. The van der Waals surface area contributed by atoms with E-state index in [2.05, 4.69) is 25.9 Å². The molecule has 0 radical (unpaired) electrons. The molecule has 3 heteroatoms. The highest BCUT2D eigenvalue weighted by Gasteiger charge is 2.02. The van der Waals surface area contributed by atoms with Crippen molar-refractivity contribution in [1.29, 1.82) is 0 Å². The molecule has 0 aliphatic rings. The predicted molar refractivity (Wildman–Crippen MR) is 64.5 cm³/mol. The van der Waals surface area contributed by atoms with Gasteiger partial charge in [0.25, 0.3) is 0 Å². The summed E-state index contributed by atoms with van der Waals surface area (Å²) in [6.07, 6.45) is 7.14. The highest BCUT2D eigenvalue weighted by Crippen LogP contribution is 2.23. The van der Waals surface area contributed by atoms with Gasteiger partial charge in [0, 0.05) is 24.8 Å². The molecule has 2 rings (SSSR count). The fourth-order valence-electron chi connectivity index (χ4n) is 1.36. The minimum atomic E-state index is 1.12. The third-order valence-electron chi connectivity index (χ3n) is 2.09. The maximum atomic E-state index is 4.00. The van der Waals surface area contributed by atoms with Crippen molar-refractivity contribution >= 4 is 21.5 Å². The largest absolute Gasteiger partial charge is 0.265 e. The number of halogens is 1. The van der Waals surface area contributed by atoms with Crippen molar-refractivity contribution in [2.24, 2.45) is 0 Å². The summed E-state index contributed by atoms with van der Waals surface area (Å²) in [7, 11) is 0. The Morgan fingerprint density at radius 1 is 0.867 bits per heavy atom. The zero-order chi connectivity index (χ0) is 10.5. The molecule has 2 heterocycles. The summed E-state index contributed by atoms with van der Waals surface area (Å²) in [6.45, 7) is 0. The molecule has 2 aromatic rings. The summed E-state index contributed by atoms with van der Waals surface area (Å²) < 4.78 is 0. The second kappa shape index (κ2) is 4.84. The predicted octanol–water partition coefficient (Wildman–Crippen LogP) is 3.26. The number of rotatable bonds is 2. The molecule has 0 spiro atoms. The molecule has 0 aromatic carbocycles.